The third kappa shape index (κ3) is 4.92. The van der Waals surface area contributed by atoms with E-state index in [1.165, 1.54) is 24.3 Å². The number of benzene rings is 4. The molecule has 0 radical (unpaired) electrons. The molecule has 6 rings (SSSR count). The second-order valence-corrected chi connectivity index (χ2v) is 8.67. The number of hydrogen-bond acceptors (Lipinski definition) is 4. The molecule has 0 N–H and O–H groups in total. The largest absolute Gasteiger partial charge is 0.225 e. The molecule has 0 saturated heterocycles. The molecule has 2 aromatic heterocycles. The molecule has 0 amide bonds. The van der Waals surface area contributed by atoms with Gasteiger partial charge in [-0.15, -0.1) is 0 Å². The van der Waals surface area contributed by atoms with Crippen molar-refractivity contribution in [2.24, 2.45) is 0 Å². The normalized spacial score (nSPS) is 10.9. The fourth-order valence-corrected chi connectivity index (χ4v) is 4.15. The lowest BCUT2D eigenvalue weighted by atomic mass is 10.1. The first kappa shape index (κ1) is 23.3. The first-order valence-electron chi connectivity index (χ1n) is 12.0. The van der Waals surface area contributed by atoms with E-state index in [0.29, 0.717) is 34.4 Å². The Bertz CT molecular complexity index is 1570. The maximum absolute atomic E-state index is 13.7. The zero-order valence-corrected chi connectivity index (χ0v) is 20.1. The van der Waals surface area contributed by atoms with Crippen LogP contribution in [0.3, 0.4) is 0 Å². The van der Waals surface area contributed by atoms with Gasteiger partial charge in [0.05, 0.1) is 22.8 Å². The van der Waals surface area contributed by atoms with E-state index in [1.54, 1.807) is 24.3 Å². The Labute approximate surface area is 218 Å². The molecule has 0 unspecified atom stereocenters. The summed E-state index contributed by atoms with van der Waals surface area (Å²) < 4.78 is 27.3. The molecule has 0 spiro atoms. The Kier molecular flexibility index (Phi) is 6.20. The molecule has 4 aromatic carbocycles. The minimum atomic E-state index is -0.325. The van der Waals surface area contributed by atoms with Gasteiger partial charge in [0.2, 0.25) is 0 Å². The smallest absolute Gasteiger partial charge is 0.198 e. The van der Waals surface area contributed by atoms with Crippen LogP contribution < -0.4 is 0 Å². The van der Waals surface area contributed by atoms with Gasteiger partial charge in [0.15, 0.2) is 11.6 Å². The Morgan fingerprint density at radius 2 is 0.632 bits per heavy atom. The van der Waals surface area contributed by atoms with Crippen LogP contribution >= 0.6 is 0 Å². The van der Waals surface area contributed by atoms with Crippen LogP contribution in [0.4, 0.5) is 8.78 Å². The van der Waals surface area contributed by atoms with Gasteiger partial charge in [-0.25, -0.2) is 28.7 Å². The van der Waals surface area contributed by atoms with E-state index < -0.39 is 0 Å². The van der Waals surface area contributed by atoms with E-state index in [4.69, 9.17) is 19.9 Å². The van der Waals surface area contributed by atoms with Crippen LogP contribution in [0.1, 0.15) is 0 Å². The molecule has 182 valence electrons. The van der Waals surface area contributed by atoms with E-state index in [9.17, 15) is 8.78 Å². The first-order valence-corrected chi connectivity index (χ1v) is 12.0. The number of hydrogen-bond donors (Lipinski definition) is 0. The van der Waals surface area contributed by atoms with Crippen molar-refractivity contribution in [1.82, 2.24) is 19.9 Å². The van der Waals surface area contributed by atoms with E-state index in [0.717, 1.165) is 22.3 Å². The molecular weight excluding hydrogens is 478 g/mol. The summed E-state index contributed by atoms with van der Waals surface area (Å²) in [5.41, 5.74) is 5.89. The molecule has 0 aliphatic rings. The standard InChI is InChI=1S/C32H20F2N4/c33-25-15-11-23(12-16-25)29-19-27(21-7-3-1-4-8-21)35-31(37-29)32-36-28(22-9-5-2-6-10-22)20-30(38-32)24-13-17-26(34)18-14-24/h1-20H. The molecule has 0 aliphatic carbocycles. The highest BCUT2D eigenvalue weighted by Crippen LogP contribution is 2.30. The molecule has 6 aromatic rings. The number of halogens is 2. The van der Waals surface area contributed by atoms with Crippen molar-refractivity contribution < 1.29 is 8.78 Å². The van der Waals surface area contributed by atoms with Crippen molar-refractivity contribution in [2.45, 2.75) is 0 Å². The van der Waals surface area contributed by atoms with Crippen molar-refractivity contribution in [3.63, 3.8) is 0 Å². The van der Waals surface area contributed by atoms with E-state index in [2.05, 4.69) is 0 Å². The summed E-state index contributed by atoms with van der Waals surface area (Å²) in [5.74, 6) is 0.00179. The summed E-state index contributed by atoms with van der Waals surface area (Å²) in [6.45, 7) is 0. The lowest BCUT2D eigenvalue weighted by Crippen LogP contribution is -2.02. The van der Waals surface area contributed by atoms with Crippen LogP contribution in [-0.4, -0.2) is 19.9 Å². The van der Waals surface area contributed by atoms with Crippen LogP contribution in [0.15, 0.2) is 121 Å². The van der Waals surface area contributed by atoms with Crippen molar-refractivity contribution in [3.8, 4) is 56.7 Å². The fraction of sp³-hybridized carbons (Fsp3) is 0. The van der Waals surface area contributed by atoms with Crippen LogP contribution in [-0.2, 0) is 0 Å². The topological polar surface area (TPSA) is 51.6 Å². The van der Waals surface area contributed by atoms with Gasteiger partial charge in [0, 0.05) is 22.3 Å². The predicted octanol–water partition coefficient (Wildman–Crippen LogP) is 7.88. The summed E-state index contributed by atoms with van der Waals surface area (Å²) in [5, 5.41) is 0. The highest BCUT2D eigenvalue weighted by atomic mass is 19.1. The summed E-state index contributed by atoms with van der Waals surface area (Å²) in [4.78, 5) is 19.2. The summed E-state index contributed by atoms with van der Waals surface area (Å²) in [7, 11) is 0. The molecule has 0 saturated carbocycles. The van der Waals surface area contributed by atoms with Gasteiger partial charge in [0.25, 0.3) is 0 Å². The lowest BCUT2D eigenvalue weighted by molar-refractivity contribution is 0.627. The monoisotopic (exact) mass is 498 g/mol. The van der Waals surface area contributed by atoms with E-state index in [-0.39, 0.29) is 11.6 Å². The summed E-state index contributed by atoms with van der Waals surface area (Å²) >= 11 is 0. The van der Waals surface area contributed by atoms with Gasteiger partial charge in [0.1, 0.15) is 11.6 Å². The maximum Gasteiger partial charge on any atom is 0.198 e. The molecule has 0 bridgehead atoms. The summed E-state index contributed by atoms with van der Waals surface area (Å²) in [6, 6.07) is 35.6. The van der Waals surface area contributed by atoms with Crippen LogP contribution in [0, 0.1) is 11.6 Å². The Morgan fingerprint density at radius 1 is 0.342 bits per heavy atom. The van der Waals surface area contributed by atoms with Gasteiger partial charge in [-0.2, -0.15) is 0 Å². The van der Waals surface area contributed by atoms with Gasteiger partial charge in [-0.1, -0.05) is 60.7 Å². The molecule has 0 atom stereocenters. The third-order valence-electron chi connectivity index (χ3n) is 6.07. The third-order valence-corrected chi connectivity index (χ3v) is 6.07. The van der Waals surface area contributed by atoms with Gasteiger partial charge in [-0.05, 0) is 60.7 Å². The molecule has 0 fully saturated rings. The van der Waals surface area contributed by atoms with Gasteiger partial charge >= 0.3 is 0 Å². The Morgan fingerprint density at radius 3 is 0.947 bits per heavy atom. The number of nitrogens with zero attached hydrogens (tertiary/aromatic N) is 4. The lowest BCUT2D eigenvalue weighted by Gasteiger charge is -2.11. The Balaban J connectivity index is 1.57. The average Bonchev–Trinajstić information content (AvgIpc) is 2.98. The van der Waals surface area contributed by atoms with Gasteiger partial charge < -0.3 is 0 Å². The van der Waals surface area contributed by atoms with Crippen molar-refractivity contribution in [1.29, 1.82) is 0 Å². The molecule has 38 heavy (non-hydrogen) atoms. The zero-order chi connectivity index (χ0) is 25.9. The van der Waals surface area contributed by atoms with E-state index in [1.807, 2.05) is 72.8 Å². The minimum absolute atomic E-state index is 0.325. The van der Waals surface area contributed by atoms with Crippen molar-refractivity contribution >= 4 is 0 Å². The molecule has 0 aliphatic heterocycles. The molecule has 6 heteroatoms. The van der Waals surface area contributed by atoms with Gasteiger partial charge in [-0.3, -0.25) is 0 Å². The number of rotatable bonds is 5. The quantitative estimate of drug-likeness (QED) is 0.243. The van der Waals surface area contributed by atoms with Crippen LogP contribution in [0.5, 0.6) is 0 Å². The SMILES string of the molecule is Fc1ccc(-c2cc(-c3ccccc3)nc(-c3nc(-c4ccccc4)cc(-c4ccc(F)cc4)n3)n2)cc1. The maximum atomic E-state index is 13.7. The zero-order valence-electron chi connectivity index (χ0n) is 20.1. The molecule has 4 nitrogen and oxygen atoms in total. The van der Waals surface area contributed by atoms with Crippen molar-refractivity contribution in [2.75, 3.05) is 0 Å². The molecular formula is C32H20F2N4. The van der Waals surface area contributed by atoms with Crippen LogP contribution in [0.2, 0.25) is 0 Å². The minimum Gasteiger partial charge on any atom is -0.225 e. The first-order chi connectivity index (χ1) is 18.6. The Hall–Kier alpha value is -5.10. The highest BCUT2D eigenvalue weighted by molar-refractivity contribution is 5.73. The second-order valence-electron chi connectivity index (χ2n) is 8.67. The number of aromatic nitrogens is 4. The average molecular weight is 499 g/mol. The fourth-order valence-electron chi connectivity index (χ4n) is 4.15. The molecule has 2 heterocycles. The second kappa shape index (κ2) is 10.1. The highest BCUT2D eigenvalue weighted by Gasteiger charge is 2.16. The van der Waals surface area contributed by atoms with E-state index >= 15 is 0 Å². The van der Waals surface area contributed by atoms with Crippen molar-refractivity contribution in [3.05, 3.63) is 133 Å². The summed E-state index contributed by atoms with van der Waals surface area (Å²) in [6.07, 6.45) is 0. The van der Waals surface area contributed by atoms with Crippen LogP contribution in [0.25, 0.3) is 56.7 Å². The predicted molar refractivity (Wildman–Crippen MR) is 145 cm³/mol.